The Morgan fingerprint density at radius 3 is 2.47 bits per heavy atom. The second-order valence-corrected chi connectivity index (χ2v) is 6.06. The molecule has 0 radical (unpaired) electrons. The van der Waals surface area contributed by atoms with Crippen molar-refractivity contribution in [1.82, 2.24) is 0 Å². The van der Waals surface area contributed by atoms with Gasteiger partial charge in [-0.2, -0.15) is 0 Å². The normalized spacial score (nSPS) is 34.1. The molecule has 0 saturated heterocycles. The molecule has 2 rings (SSSR count). The number of carbonyl (C=O) groups is 1. The molecular weight excluding hydrogens is 214 g/mol. The van der Waals surface area contributed by atoms with Gasteiger partial charge in [0.15, 0.2) is 0 Å². The summed E-state index contributed by atoms with van der Waals surface area (Å²) in [5.41, 5.74) is 5.47. The summed E-state index contributed by atoms with van der Waals surface area (Å²) in [6.45, 7) is 2.79. The Hall–Kier alpha value is -0.570. The van der Waals surface area contributed by atoms with Gasteiger partial charge in [-0.1, -0.05) is 26.2 Å². The Bertz CT molecular complexity index is 265. The van der Waals surface area contributed by atoms with Crippen molar-refractivity contribution in [2.75, 3.05) is 6.61 Å². The molecule has 0 unspecified atom stereocenters. The van der Waals surface area contributed by atoms with Crippen molar-refractivity contribution in [3.05, 3.63) is 0 Å². The van der Waals surface area contributed by atoms with Crippen molar-refractivity contribution in [1.29, 1.82) is 0 Å². The second kappa shape index (κ2) is 5.38. The average Bonchev–Trinajstić information content (AvgIpc) is 2.26. The molecule has 0 aromatic carbocycles. The number of hydrogen-bond acceptors (Lipinski definition) is 3. The van der Waals surface area contributed by atoms with Crippen LogP contribution in [0.5, 0.6) is 0 Å². The molecule has 2 saturated carbocycles. The van der Waals surface area contributed by atoms with Crippen LogP contribution in [0.25, 0.3) is 0 Å². The van der Waals surface area contributed by atoms with Crippen molar-refractivity contribution >= 4 is 5.97 Å². The van der Waals surface area contributed by atoms with Crippen LogP contribution in [0.2, 0.25) is 0 Å². The molecule has 98 valence electrons. The lowest BCUT2D eigenvalue weighted by Crippen LogP contribution is -2.51. The van der Waals surface area contributed by atoms with Gasteiger partial charge in [0, 0.05) is 0 Å². The Morgan fingerprint density at radius 1 is 1.29 bits per heavy atom. The summed E-state index contributed by atoms with van der Waals surface area (Å²) in [6.07, 6.45) is 8.66. The molecule has 2 N–H and O–H groups in total. The Morgan fingerprint density at radius 2 is 1.94 bits per heavy atom. The molecule has 2 aliphatic carbocycles. The lowest BCUT2D eigenvalue weighted by Gasteiger charge is -2.34. The minimum atomic E-state index is -0.688. The molecule has 0 spiro atoms. The highest BCUT2D eigenvalue weighted by Crippen LogP contribution is 2.32. The van der Waals surface area contributed by atoms with Crippen LogP contribution in [-0.2, 0) is 9.53 Å². The van der Waals surface area contributed by atoms with Gasteiger partial charge in [0.25, 0.3) is 0 Å². The van der Waals surface area contributed by atoms with Crippen LogP contribution in [0, 0.1) is 11.8 Å². The van der Waals surface area contributed by atoms with Gasteiger partial charge in [-0.15, -0.1) is 0 Å². The van der Waals surface area contributed by atoms with Crippen LogP contribution in [0.1, 0.15) is 58.3 Å². The number of nitrogens with two attached hydrogens (primary N) is 1. The van der Waals surface area contributed by atoms with Gasteiger partial charge in [0.2, 0.25) is 0 Å². The summed E-state index contributed by atoms with van der Waals surface area (Å²) in [5.74, 6) is 1.33. The molecule has 2 fully saturated rings. The monoisotopic (exact) mass is 239 g/mol. The van der Waals surface area contributed by atoms with Gasteiger partial charge in [-0.25, -0.2) is 0 Å². The van der Waals surface area contributed by atoms with Gasteiger partial charge in [-0.05, 0) is 43.9 Å². The zero-order valence-corrected chi connectivity index (χ0v) is 10.9. The largest absolute Gasteiger partial charge is 0.464 e. The van der Waals surface area contributed by atoms with Gasteiger partial charge < -0.3 is 10.5 Å². The van der Waals surface area contributed by atoms with Crippen LogP contribution < -0.4 is 5.73 Å². The van der Waals surface area contributed by atoms with E-state index < -0.39 is 5.54 Å². The van der Waals surface area contributed by atoms with E-state index in [-0.39, 0.29) is 5.97 Å². The smallest absolute Gasteiger partial charge is 0.326 e. The first kappa shape index (κ1) is 12.9. The van der Waals surface area contributed by atoms with Crippen molar-refractivity contribution < 1.29 is 9.53 Å². The van der Waals surface area contributed by atoms with Crippen LogP contribution in [0.15, 0.2) is 0 Å². The number of hydrogen-bond donors (Lipinski definition) is 1. The maximum atomic E-state index is 12.0. The van der Waals surface area contributed by atoms with Gasteiger partial charge in [0.1, 0.15) is 5.54 Å². The van der Waals surface area contributed by atoms with Crippen LogP contribution in [0.4, 0.5) is 0 Å². The molecular formula is C14H25NO2. The molecule has 0 heterocycles. The molecule has 0 amide bonds. The zero-order chi connectivity index (χ0) is 12.3. The number of ether oxygens (including phenoxy) is 1. The fraction of sp³-hybridized carbons (Fsp3) is 0.929. The van der Waals surface area contributed by atoms with E-state index in [1.165, 1.54) is 19.3 Å². The third-order valence-electron chi connectivity index (χ3n) is 4.56. The highest BCUT2D eigenvalue weighted by molar-refractivity contribution is 5.80. The van der Waals surface area contributed by atoms with Gasteiger partial charge >= 0.3 is 5.97 Å². The van der Waals surface area contributed by atoms with Gasteiger partial charge in [0.05, 0.1) is 6.61 Å². The number of esters is 1. The molecule has 0 aromatic rings. The second-order valence-electron chi connectivity index (χ2n) is 6.06. The van der Waals surface area contributed by atoms with Crippen LogP contribution >= 0.6 is 0 Å². The van der Waals surface area contributed by atoms with Crippen LogP contribution in [0.3, 0.4) is 0 Å². The Balaban J connectivity index is 1.70. The molecule has 0 aromatic heterocycles. The quantitative estimate of drug-likeness (QED) is 0.767. The van der Waals surface area contributed by atoms with E-state index in [1.807, 2.05) is 0 Å². The summed E-state index contributed by atoms with van der Waals surface area (Å²) < 4.78 is 5.36. The summed E-state index contributed by atoms with van der Waals surface area (Å²) in [4.78, 5) is 12.0. The highest BCUT2D eigenvalue weighted by Gasteiger charge is 2.38. The standard InChI is InChI=1S/C14H25NO2/c1-11-5-8-14(15,9-6-11)13(16)17-10-7-12-3-2-4-12/h11-12H,2-10,15H2,1H3. The predicted molar refractivity (Wildman–Crippen MR) is 67.5 cm³/mol. The molecule has 0 aliphatic heterocycles. The third-order valence-corrected chi connectivity index (χ3v) is 4.56. The lowest BCUT2D eigenvalue weighted by molar-refractivity contribution is -0.152. The fourth-order valence-electron chi connectivity index (χ4n) is 2.72. The summed E-state index contributed by atoms with van der Waals surface area (Å²) in [6, 6.07) is 0. The van der Waals surface area contributed by atoms with E-state index in [0.717, 1.165) is 38.0 Å². The van der Waals surface area contributed by atoms with Crippen molar-refractivity contribution in [2.45, 2.75) is 63.8 Å². The minimum Gasteiger partial charge on any atom is -0.464 e. The maximum Gasteiger partial charge on any atom is 0.326 e. The van der Waals surface area contributed by atoms with E-state index in [0.29, 0.717) is 12.5 Å². The first-order valence-corrected chi connectivity index (χ1v) is 7.06. The molecule has 0 bridgehead atoms. The molecule has 3 nitrogen and oxygen atoms in total. The average molecular weight is 239 g/mol. The molecule has 0 atom stereocenters. The van der Waals surface area contributed by atoms with Gasteiger partial charge in [-0.3, -0.25) is 4.79 Å². The van der Waals surface area contributed by atoms with E-state index >= 15 is 0 Å². The molecule has 3 heteroatoms. The maximum absolute atomic E-state index is 12.0. The zero-order valence-electron chi connectivity index (χ0n) is 10.9. The van der Waals surface area contributed by atoms with E-state index in [1.54, 1.807) is 0 Å². The van der Waals surface area contributed by atoms with E-state index in [4.69, 9.17) is 10.5 Å². The molecule has 17 heavy (non-hydrogen) atoms. The lowest BCUT2D eigenvalue weighted by atomic mass is 9.78. The topological polar surface area (TPSA) is 52.3 Å². The van der Waals surface area contributed by atoms with Crippen molar-refractivity contribution in [3.63, 3.8) is 0 Å². The molecule has 2 aliphatic rings. The predicted octanol–water partition coefficient (Wildman–Crippen LogP) is 2.63. The van der Waals surface area contributed by atoms with Crippen molar-refractivity contribution in [2.24, 2.45) is 17.6 Å². The van der Waals surface area contributed by atoms with Crippen LogP contribution in [-0.4, -0.2) is 18.1 Å². The Kier molecular flexibility index (Phi) is 4.08. The SMILES string of the molecule is CC1CCC(N)(C(=O)OCCC2CCC2)CC1. The first-order chi connectivity index (χ1) is 8.10. The summed E-state index contributed by atoms with van der Waals surface area (Å²) >= 11 is 0. The number of rotatable bonds is 4. The van der Waals surface area contributed by atoms with E-state index in [2.05, 4.69) is 6.92 Å². The summed E-state index contributed by atoms with van der Waals surface area (Å²) in [7, 11) is 0. The number of carbonyl (C=O) groups excluding carboxylic acids is 1. The minimum absolute atomic E-state index is 0.163. The summed E-state index contributed by atoms with van der Waals surface area (Å²) in [5, 5.41) is 0. The van der Waals surface area contributed by atoms with E-state index in [9.17, 15) is 4.79 Å². The first-order valence-electron chi connectivity index (χ1n) is 7.06. The third kappa shape index (κ3) is 3.21. The fourth-order valence-corrected chi connectivity index (χ4v) is 2.72. The highest BCUT2D eigenvalue weighted by atomic mass is 16.5. The Labute approximate surface area is 104 Å². The van der Waals surface area contributed by atoms with Crippen molar-refractivity contribution in [3.8, 4) is 0 Å².